The van der Waals surface area contributed by atoms with Gasteiger partial charge in [-0.2, -0.15) is 0 Å². The van der Waals surface area contributed by atoms with Crippen LogP contribution in [0.15, 0.2) is 0 Å². The molecule has 0 bridgehead atoms. The highest BCUT2D eigenvalue weighted by Crippen LogP contribution is 2.18. The van der Waals surface area contributed by atoms with E-state index in [-0.39, 0.29) is 17.7 Å². The largest absolute Gasteiger partial charge is 0.356 e. The zero-order valence-electron chi connectivity index (χ0n) is 13.9. The van der Waals surface area contributed by atoms with Crippen LogP contribution in [0.1, 0.15) is 19.3 Å². The van der Waals surface area contributed by atoms with Crippen LogP contribution in [0.2, 0.25) is 0 Å². The van der Waals surface area contributed by atoms with Gasteiger partial charge in [-0.25, -0.2) is 0 Å². The van der Waals surface area contributed by atoms with Gasteiger partial charge in [-0.3, -0.25) is 9.59 Å². The molecular weight excluding hydrogens is 268 g/mol. The molecule has 1 fully saturated rings. The van der Waals surface area contributed by atoms with Gasteiger partial charge in [0.1, 0.15) is 0 Å². The van der Waals surface area contributed by atoms with Crippen LogP contribution in [-0.4, -0.2) is 87.4 Å². The monoisotopic (exact) mass is 298 g/mol. The Morgan fingerprint density at radius 3 is 2.43 bits per heavy atom. The Morgan fingerprint density at radius 1 is 1.19 bits per heavy atom. The predicted octanol–water partition coefficient (Wildman–Crippen LogP) is -0.145. The summed E-state index contributed by atoms with van der Waals surface area (Å²) in [6.45, 7) is 3.93. The topological polar surface area (TPSA) is 55.9 Å². The summed E-state index contributed by atoms with van der Waals surface area (Å²) in [4.78, 5) is 30.0. The molecule has 1 aliphatic rings. The number of likely N-dealkylation sites (tertiary alicyclic amines) is 1. The number of hydrogen-bond donors (Lipinski definition) is 1. The van der Waals surface area contributed by atoms with Crippen LogP contribution in [0.25, 0.3) is 0 Å². The van der Waals surface area contributed by atoms with E-state index >= 15 is 0 Å². The lowest BCUT2D eigenvalue weighted by Gasteiger charge is -2.18. The molecule has 1 N–H and O–H groups in total. The van der Waals surface area contributed by atoms with E-state index in [4.69, 9.17) is 0 Å². The molecule has 21 heavy (non-hydrogen) atoms. The molecule has 0 radical (unpaired) electrons. The molecule has 1 rings (SSSR count). The maximum atomic E-state index is 12.1. The zero-order valence-corrected chi connectivity index (χ0v) is 13.9. The van der Waals surface area contributed by atoms with Crippen molar-refractivity contribution >= 4 is 11.8 Å². The smallest absolute Gasteiger partial charge is 0.225 e. The molecule has 0 aliphatic carbocycles. The molecule has 1 aliphatic heterocycles. The summed E-state index contributed by atoms with van der Waals surface area (Å²) in [7, 11) is 8.08. The lowest BCUT2D eigenvalue weighted by molar-refractivity contribution is -0.129. The first-order valence-corrected chi connectivity index (χ1v) is 7.75. The molecule has 6 nitrogen and oxygen atoms in total. The summed E-state index contributed by atoms with van der Waals surface area (Å²) in [6.07, 6.45) is 2.25. The van der Waals surface area contributed by atoms with Crippen LogP contribution in [-0.2, 0) is 9.59 Å². The quantitative estimate of drug-likeness (QED) is 0.602. The first kappa shape index (κ1) is 17.9. The maximum Gasteiger partial charge on any atom is 0.225 e. The number of hydrogen-bond acceptors (Lipinski definition) is 4. The summed E-state index contributed by atoms with van der Waals surface area (Å²) in [5, 5.41) is 2.94. The van der Waals surface area contributed by atoms with Gasteiger partial charge in [-0.05, 0) is 54.1 Å². The van der Waals surface area contributed by atoms with E-state index < -0.39 is 0 Å². The molecule has 6 heteroatoms. The van der Waals surface area contributed by atoms with Crippen molar-refractivity contribution in [2.24, 2.45) is 5.92 Å². The van der Waals surface area contributed by atoms with E-state index in [2.05, 4.69) is 15.1 Å². The molecule has 0 saturated carbocycles. The second kappa shape index (κ2) is 9.00. The van der Waals surface area contributed by atoms with Crippen LogP contribution >= 0.6 is 0 Å². The Balaban J connectivity index is 2.24. The van der Waals surface area contributed by atoms with Gasteiger partial charge >= 0.3 is 0 Å². The number of nitrogens with one attached hydrogen (secondary N) is 1. The van der Waals surface area contributed by atoms with Crippen LogP contribution in [0.3, 0.4) is 0 Å². The fraction of sp³-hybridized carbons (Fsp3) is 0.867. The number of carbonyl (C=O) groups is 2. The second-order valence-corrected chi connectivity index (χ2v) is 6.35. The van der Waals surface area contributed by atoms with E-state index in [0.29, 0.717) is 19.5 Å². The van der Waals surface area contributed by atoms with Crippen LogP contribution in [0.4, 0.5) is 0 Å². The summed E-state index contributed by atoms with van der Waals surface area (Å²) in [6, 6.07) is 0. The van der Waals surface area contributed by atoms with Crippen molar-refractivity contribution in [2.45, 2.75) is 19.3 Å². The van der Waals surface area contributed by atoms with E-state index in [1.165, 1.54) is 0 Å². The Morgan fingerprint density at radius 2 is 1.81 bits per heavy atom. The number of carbonyl (C=O) groups excluding carboxylic acids is 2. The van der Waals surface area contributed by atoms with Gasteiger partial charge in [0.05, 0.1) is 5.92 Å². The fourth-order valence-corrected chi connectivity index (χ4v) is 2.49. The summed E-state index contributed by atoms with van der Waals surface area (Å²) in [5.41, 5.74) is 0. The van der Waals surface area contributed by atoms with Crippen molar-refractivity contribution in [1.29, 1.82) is 0 Å². The minimum Gasteiger partial charge on any atom is -0.356 e. The highest BCUT2D eigenvalue weighted by Gasteiger charge is 2.33. The maximum absolute atomic E-state index is 12.1. The first-order valence-electron chi connectivity index (χ1n) is 7.75. The second-order valence-electron chi connectivity index (χ2n) is 6.35. The third kappa shape index (κ3) is 6.91. The van der Waals surface area contributed by atoms with Crippen molar-refractivity contribution in [2.75, 3.05) is 60.9 Å². The van der Waals surface area contributed by atoms with Crippen molar-refractivity contribution in [3.05, 3.63) is 0 Å². The number of amides is 2. The molecular formula is C15H30N4O2. The molecule has 1 heterocycles. The Labute approximate surface area is 128 Å². The van der Waals surface area contributed by atoms with E-state index in [1.54, 1.807) is 0 Å². The summed E-state index contributed by atoms with van der Waals surface area (Å²) in [5.74, 6) is -0.0318. The zero-order chi connectivity index (χ0) is 15.8. The molecule has 2 amide bonds. The Hall–Kier alpha value is -1.14. The van der Waals surface area contributed by atoms with Gasteiger partial charge in [0.2, 0.25) is 11.8 Å². The van der Waals surface area contributed by atoms with Crippen LogP contribution < -0.4 is 5.32 Å². The third-order valence-electron chi connectivity index (χ3n) is 3.70. The minimum absolute atomic E-state index is 0.0252. The van der Waals surface area contributed by atoms with Gasteiger partial charge in [0.15, 0.2) is 0 Å². The average Bonchev–Trinajstić information content (AvgIpc) is 2.75. The number of nitrogens with zero attached hydrogens (tertiary/aromatic N) is 3. The Bertz CT molecular complexity index is 345. The lowest BCUT2D eigenvalue weighted by atomic mass is 10.1. The molecule has 122 valence electrons. The van der Waals surface area contributed by atoms with Crippen molar-refractivity contribution in [1.82, 2.24) is 20.0 Å². The van der Waals surface area contributed by atoms with E-state index in [0.717, 1.165) is 32.5 Å². The number of rotatable bonds is 9. The fourth-order valence-electron chi connectivity index (χ4n) is 2.49. The van der Waals surface area contributed by atoms with Gasteiger partial charge < -0.3 is 20.0 Å². The minimum atomic E-state index is -0.170. The molecule has 0 aromatic heterocycles. The third-order valence-corrected chi connectivity index (χ3v) is 3.70. The summed E-state index contributed by atoms with van der Waals surface area (Å²) < 4.78 is 0. The normalized spacial score (nSPS) is 18.9. The van der Waals surface area contributed by atoms with Gasteiger partial charge in [0.25, 0.3) is 0 Å². The molecule has 1 atom stereocenters. The SMILES string of the molecule is CN(C)CCCNC(=O)C1CC(=O)N(CCCN(C)C)C1. The molecule has 1 saturated heterocycles. The van der Waals surface area contributed by atoms with E-state index in [9.17, 15) is 9.59 Å². The van der Waals surface area contributed by atoms with Gasteiger partial charge in [0, 0.05) is 26.1 Å². The first-order chi connectivity index (χ1) is 9.90. The van der Waals surface area contributed by atoms with Crippen molar-refractivity contribution in [3.63, 3.8) is 0 Å². The standard InChI is InChI=1S/C15H30N4O2/c1-17(2)8-5-7-16-15(21)13-11-14(20)19(12-13)10-6-9-18(3)4/h13H,5-12H2,1-4H3,(H,16,21). The molecule has 0 spiro atoms. The van der Waals surface area contributed by atoms with Crippen molar-refractivity contribution < 1.29 is 9.59 Å². The highest BCUT2D eigenvalue weighted by molar-refractivity contribution is 5.89. The molecule has 1 unspecified atom stereocenters. The van der Waals surface area contributed by atoms with Crippen LogP contribution in [0.5, 0.6) is 0 Å². The predicted molar refractivity (Wildman–Crippen MR) is 84.0 cm³/mol. The van der Waals surface area contributed by atoms with Crippen molar-refractivity contribution in [3.8, 4) is 0 Å². The highest BCUT2D eigenvalue weighted by atomic mass is 16.2. The lowest BCUT2D eigenvalue weighted by Crippen LogP contribution is -2.35. The van der Waals surface area contributed by atoms with Gasteiger partial charge in [-0.15, -0.1) is 0 Å². The van der Waals surface area contributed by atoms with E-state index in [1.807, 2.05) is 33.1 Å². The molecule has 0 aromatic rings. The average molecular weight is 298 g/mol. The molecule has 0 aromatic carbocycles. The Kier molecular flexibility index (Phi) is 7.67. The van der Waals surface area contributed by atoms with Gasteiger partial charge in [-0.1, -0.05) is 0 Å². The van der Waals surface area contributed by atoms with Crippen LogP contribution in [0, 0.1) is 5.92 Å². The summed E-state index contributed by atoms with van der Waals surface area (Å²) >= 11 is 0.